The van der Waals surface area contributed by atoms with E-state index in [4.69, 9.17) is 27.5 Å². The maximum absolute atomic E-state index is 10.7. The number of benzene rings is 1. The van der Waals surface area contributed by atoms with E-state index in [0.717, 1.165) is 0 Å². The number of aliphatic carboxylic acids is 2. The van der Waals surface area contributed by atoms with E-state index in [9.17, 15) is 9.59 Å². The molecule has 6 heteroatoms. The van der Waals surface area contributed by atoms with Crippen molar-refractivity contribution in [3.8, 4) is 0 Å². The average molecular weight is 230 g/mol. The van der Waals surface area contributed by atoms with Gasteiger partial charge in [-0.15, -0.1) is 0 Å². The summed E-state index contributed by atoms with van der Waals surface area (Å²) < 4.78 is 0. The van der Waals surface area contributed by atoms with E-state index in [1.165, 1.54) is 18.2 Å². The molecule has 0 radical (unpaired) electrons. The predicted molar refractivity (Wildman–Crippen MR) is 53.9 cm³/mol. The molecule has 0 aromatic heterocycles. The number of carboxylic acid groups (broad SMARTS) is 2. The van der Waals surface area contributed by atoms with Crippen molar-refractivity contribution in [3.05, 3.63) is 28.8 Å². The molecule has 0 bridgehead atoms. The van der Waals surface area contributed by atoms with Gasteiger partial charge in [-0.1, -0.05) is 11.6 Å². The lowest BCUT2D eigenvalue weighted by Crippen LogP contribution is -2.21. The van der Waals surface area contributed by atoms with Crippen LogP contribution in [0.3, 0.4) is 0 Å². The number of carboxylic acids is 2. The molecule has 0 heterocycles. The Morgan fingerprint density at radius 1 is 1.27 bits per heavy atom. The highest BCUT2D eigenvalue weighted by molar-refractivity contribution is 6.32. The molecule has 0 aliphatic heterocycles. The zero-order chi connectivity index (χ0) is 11.6. The van der Waals surface area contributed by atoms with Gasteiger partial charge in [-0.05, 0) is 23.8 Å². The third-order valence-electron chi connectivity index (χ3n) is 1.82. The van der Waals surface area contributed by atoms with Gasteiger partial charge in [0.2, 0.25) is 0 Å². The molecule has 0 aliphatic rings. The Morgan fingerprint density at radius 2 is 1.80 bits per heavy atom. The Hall–Kier alpha value is -1.75. The first-order valence-corrected chi connectivity index (χ1v) is 4.32. The minimum Gasteiger partial charge on any atom is -0.480 e. The highest BCUT2D eigenvalue weighted by Gasteiger charge is 2.29. The van der Waals surface area contributed by atoms with Crippen molar-refractivity contribution in [2.24, 2.45) is 0 Å². The van der Waals surface area contributed by atoms with Crippen LogP contribution in [0.5, 0.6) is 0 Å². The summed E-state index contributed by atoms with van der Waals surface area (Å²) in [6, 6.07) is 4.08. The lowest BCUT2D eigenvalue weighted by atomic mass is 9.99. The van der Waals surface area contributed by atoms with Crippen LogP contribution in [0, 0.1) is 0 Å². The van der Waals surface area contributed by atoms with Crippen LogP contribution in [0.25, 0.3) is 0 Å². The summed E-state index contributed by atoms with van der Waals surface area (Å²) in [4.78, 5) is 21.4. The molecule has 0 amide bonds. The molecule has 0 fully saturated rings. The summed E-state index contributed by atoms with van der Waals surface area (Å²) in [6.45, 7) is 0. The minimum absolute atomic E-state index is 0.0170. The molecule has 0 unspecified atom stereocenters. The fourth-order valence-electron chi connectivity index (χ4n) is 1.16. The number of carbonyl (C=O) groups is 2. The van der Waals surface area contributed by atoms with Crippen molar-refractivity contribution in [2.75, 3.05) is 5.73 Å². The second-order valence-corrected chi connectivity index (χ2v) is 3.30. The normalized spacial score (nSPS) is 10.3. The number of anilines is 1. The largest absolute Gasteiger partial charge is 0.480 e. The molecule has 1 rings (SSSR count). The maximum Gasteiger partial charge on any atom is 0.322 e. The third kappa shape index (κ3) is 2.38. The molecule has 0 saturated heterocycles. The molecule has 5 nitrogen and oxygen atoms in total. The zero-order valence-electron chi connectivity index (χ0n) is 7.48. The fourth-order valence-corrected chi connectivity index (χ4v) is 1.38. The summed E-state index contributed by atoms with van der Waals surface area (Å²) in [7, 11) is 0. The summed E-state index contributed by atoms with van der Waals surface area (Å²) >= 11 is 5.70. The van der Waals surface area contributed by atoms with Gasteiger partial charge in [-0.25, -0.2) is 0 Å². The first-order valence-electron chi connectivity index (χ1n) is 3.94. The van der Waals surface area contributed by atoms with Crippen molar-refractivity contribution in [3.63, 3.8) is 0 Å². The molecule has 4 N–H and O–H groups in total. The first kappa shape index (κ1) is 11.3. The van der Waals surface area contributed by atoms with E-state index in [0.29, 0.717) is 0 Å². The van der Waals surface area contributed by atoms with Gasteiger partial charge in [-0.2, -0.15) is 0 Å². The van der Waals surface area contributed by atoms with Crippen LogP contribution in [-0.4, -0.2) is 22.2 Å². The van der Waals surface area contributed by atoms with Crippen molar-refractivity contribution in [2.45, 2.75) is 5.92 Å². The van der Waals surface area contributed by atoms with Crippen LogP contribution in [0.2, 0.25) is 5.02 Å². The summed E-state index contributed by atoms with van der Waals surface area (Å²) in [5.41, 5.74) is 5.67. The summed E-state index contributed by atoms with van der Waals surface area (Å²) in [6.07, 6.45) is 0. The van der Waals surface area contributed by atoms with E-state index in [2.05, 4.69) is 0 Å². The highest BCUT2D eigenvalue weighted by Crippen LogP contribution is 2.27. The van der Waals surface area contributed by atoms with Gasteiger partial charge in [0.25, 0.3) is 0 Å². The lowest BCUT2D eigenvalue weighted by Gasteiger charge is -2.10. The number of hydrogen-bond donors (Lipinski definition) is 3. The van der Waals surface area contributed by atoms with E-state index >= 15 is 0 Å². The van der Waals surface area contributed by atoms with Gasteiger partial charge in [-0.3, -0.25) is 9.59 Å². The van der Waals surface area contributed by atoms with Crippen LogP contribution < -0.4 is 5.73 Å². The van der Waals surface area contributed by atoms with Gasteiger partial charge in [0.15, 0.2) is 5.92 Å². The molecule has 1 aromatic rings. The van der Waals surface area contributed by atoms with Crippen molar-refractivity contribution >= 4 is 29.2 Å². The molecule has 0 atom stereocenters. The third-order valence-corrected chi connectivity index (χ3v) is 2.17. The second-order valence-electron chi connectivity index (χ2n) is 2.89. The Bertz CT molecular complexity index is 405. The summed E-state index contributed by atoms with van der Waals surface area (Å²) in [5.74, 6) is -4.65. The Balaban J connectivity index is 3.28. The number of rotatable bonds is 3. The maximum atomic E-state index is 10.7. The molecule has 0 saturated carbocycles. The van der Waals surface area contributed by atoms with E-state index in [1.807, 2.05) is 0 Å². The van der Waals surface area contributed by atoms with Crippen LogP contribution >= 0.6 is 11.6 Å². The standard InChI is InChI=1S/C9H8ClNO4/c10-6-2-1-4(11)3-5(6)7(8(12)13)9(14)15/h1-3,7H,11H2,(H,12,13)(H,14,15). The van der Waals surface area contributed by atoms with Gasteiger partial charge in [0, 0.05) is 10.7 Å². The Labute approximate surface area is 90.1 Å². The highest BCUT2D eigenvalue weighted by atomic mass is 35.5. The topological polar surface area (TPSA) is 101 Å². The molecule has 80 valence electrons. The zero-order valence-corrected chi connectivity index (χ0v) is 8.23. The second kappa shape index (κ2) is 4.18. The SMILES string of the molecule is Nc1ccc(Cl)c(C(C(=O)O)C(=O)O)c1. The smallest absolute Gasteiger partial charge is 0.322 e. The molecule has 1 aromatic carbocycles. The fraction of sp³-hybridized carbons (Fsp3) is 0.111. The predicted octanol–water partition coefficient (Wildman–Crippen LogP) is 1.18. The van der Waals surface area contributed by atoms with E-state index in [-0.39, 0.29) is 16.3 Å². The molecule has 0 spiro atoms. The van der Waals surface area contributed by atoms with Crippen molar-refractivity contribution < 1.29 is 19.8 Å². The van der Waals surface area contributed by atoms with Crippen LogP contribution in [0.4, 0.5) is 5.69 Å². The first-order chi connectivity index (χ1) is 6.93. The number of hydrogen-bond acceptors (Lipinski definition) is 3. The number of nitrogen functional groups attached to an aromatic ring is 1. The quantitative estimate of drug-likeness (QED) is 0.534. The van der Waals surface area contributed by atoms with Crippen molar-refractivity contribution in [1.29, 1.82) is 0 Å². The molecule has 15 heavy (non-hydrogen) atoms. The Morgan fingerprint density at radius 3 is 2.27 bits per heavy atom. The monoisotopic (exact) mass is 229 g/mol. The van der Waals surface area contributed by atoms with E-state index < -0.39 is 17.9 Å². The Kier molecular flexibility index (Phi) is 3.16. The van der Waals surface area contributed by atoms with Crippen molar-refractivity contribution in [1.82, 2.24) is 0 Å². The van der Waals surface area contributed by atoms with Crippen LogP contribution in [0.15, 0.2) is 18.2 Å². The van der Waals surface area contributed by atoms with Crippen LogP contribution in [-0.2, 0) is 9.59 Å². The lowest BCUT2D eigenvalue weighted by molar-refractivity contribution is -0.150. The summed E-state index contributed by atoms with van der Waals surface area (Å²) in [5, 5.41) is 17.5. The molecular formula is C9H8ClNO4. The number of nitrogens with two attached hydrogens (primary N) is 1. The van der Waals surface area contributed by atoms with Crippen LogP contribution in [0.1, 0.15) is 11.5 Å². The number of halogens is 1. The minimum atomic E-state index is -1.69. The molecular weight excluding hydrogens is 222 g/mol. The van der Waals surface area contributed by atoms with Gasteiger partial charge >= 0.3 is 11.9 Å². The van der Waals surface area contributed by atoms with E-state index in [1.54, 1.807) is 0 Å². The molecule has 0 aliphatic carbocycles. The van der Waals surface area contributed by atoms with Gasteiger partial charge in [0.05, 0.1) is 0 Å². The average Bonchev–Trinajstić information content (AvgIpc) is 2.10. The van der Waals surface area contributed by atoms with Gasteiger partial charge in [0.1, 0.15) is 0 Å². The van der Waals surface area contributed by atoms with Gasteiger partial charge < -0.3 is 15.9 Å².